The fourth-order valence-corrected chi connectivity index (χ4v) is 0.770. The van der Waals surface area contributed by atoms with Crippen molar-refractivity contribution in [1.82, 2.24) is 5.48 Å². The van der Waals surface area contributed by atoms with Crippen LogP contribution in [0.25, 0.3) is 0 Å². The summed E-state index contributed by atoms with van der Waals surface area (Å²) < 4.78 is 0. The van der Waals surface area contributed by atoms with Crippen molar-refractivity contribution in [3.05, 3.63) is 0 Å². The fourth-order valence-electron chi connectivity index (χ4n) is 0.770. The molecule has 1 saturated carbocycles. The molecule has 0 spiro atoms. The van der Waals surface area contributed by atoms with Gasteiger partial charge < -0.3 is 0 Å². The second kappa shape index (κ2) is 1.74. The molecule has 0 aromatic carbocycles. The van der Waals surface area contributed by atoms with Gasteiger partial charge in [0.25, 0.3) is 0 Å². The summed E-state index contributed by atoms with van der Waals surface area (Å²) in [7, 11) is 0. The van der Waals surface area contributed by atoms with Gasteiger partial charge in [-0.3, -0.25) is 10.0 Å². The Morgan fingerprint density at radius 1 is 1.88 bits per heavy atom. The lowest BCUT2D eigenvalue weighted by atomic mass is 10.3. The lowest BCUT2D eigenvalue weighted by Crippen LogP contribution is -2.20. The van der Waals surface area contributed by atoms with Gasteiger partial charge in [0.2, 0.25) is 5.91 Å². The maximum atomic E-state index is 10.4. The zero-order valence-electron chi connectivity index (χ0n) is 4.72. The van der Waals surface area contributed by atoms with Crippen LogP contribution in [0.2, 0.25) is 0 Å². The van der Waals surface area contributed by atoms with Gasteiger partial charge in [0.15, 0.2) is 0 Å². The summed E-state index contributed by atoms with van der Waals surface area (Å²) in [6, 6.07) is 0. The first-order chi connectivity index (χ1) is 3.75. The van der Waals surface area contributed by atoms with Crippen LogP contribution in [0.15, 0.2) is 0 Å². The topological polar surface area (TPSA) is 49.3 Å². The molecule has 0 bridgehead atoms. The minimum Gasteiger partial charge on any atom is -0.289 e. The fraction of sp³-hybridized carbons (Fsp3) is 0.800. The van der Waals surface area contributed by atoms with E-state index in [9.17, 15) is 4.79 Å². The van der Waals surface area contributed by atoms with E-state index in [0.717, 1.165) is 6.42 Å². The van der Waals surface area contributed by atoms with Gasteiger partial charge in [0.05, 0.1) is 0 Å². The maximum absolute atomic E-state index is 10.4. The first-order valence-corrected chi connectivity index (χ1v) is 2.69. The zero-order valence-corrected chi connectivity index (χ0v) is 4.72. The van der Waals surface area contributed by atoms with Crippen LogP contribution in [-0.4, -0.2) is 11.1 Å². The maximum Gasteiger partial charge on any atom is 0.246 e. The van der Waals surface area contributed by atoms with E-state index in [1.165, 1.54) is 0 Å². The van der Waals surface area contributed by atoms with Crippen molar-refractivity contribution in [2.24, 2.45) is 11.8 Å². The minimum atomic E-state index is -0.238. The molecule has 8 heavy (non-hydrogen) atoms. The highest BCUT2D eigenvalue weighted by Gasteiger charge is 2.38. The minimum absolute atomic E-state index is 0.0833. The number of hydroxylamine groups is 1. The Bertz CT molecular complexity index is 113. The largest absolute Gasteiger partial charge is 0.289 e. The monoisotopic (exact) mass is 115 g/mol. The highest BCUT2D eigenvalue weighted by Crippen LogP contribution is 2.37. The molecule has 1 aliphatic rings. The number of carbonyl (C=O) groups excluding carboxylic acids is 1. The molecule has 1 fully saturated rings. The second-order valence-corrected chi connectivity index (χ2v) is 2.30. The van der Waals surface area contributed by atoms with Crippen LogP contribution in [0, 0.1) is 11.8 Å². The SMILES string of the molecule is C[C@H]1C[C@@H]1C(=O)NO. The molecule has 0 radical (unpaired) electrons. The Morgan fingerprint density at radius 3 is 2.50 bits per heavy atom. The normalized spacial score (nSPS) is 34.2. The van der Waals surface area contributed by atoms with Crippen LogP contribution in [0.3, 0.4) is 0 Å². The van der Waals surface area contributed by atoms with Crippen molar-refractivity contribution in [3.63, 3.8) is 0 Å². The first kappa shape index (κ1) is 5.56. The molecule has 0 aromatic heterocycles. The van der Waals surface area contributed by atoms with Gasteiger partial charge in [-0.15, -0.1) is 0 Å². The van der Waals surface area contributed by atoms with Crippen molar-refractivity contribution in [2.45, 2.75) is 13.3 Å². The molecule has 0 unspecified atom stereocenters. The number of rotatable bonds is 1. The summed E-state index contributed by atoms with van der Waals surface area (Å²) in [5.41, 5.74) is 1.62. The van der Waals surface area contributed by atoms with Gasteiger partial charge in [-0.1, -0.05) is 6.92 Å². The van der Waals surface area contributed by atoms with Crippen molar-refractivity contribution in [3.8, 4) is 0 Å². The molecule has 1 aliphatic carbocycles. The highest BCUT2D eigenvalue weighted by molar-refractivity contribution is 5.80. The van der Waals surface area contributed by atoms with Gasteiger partial charge in [0, 0.05) is 5.92 Å². The average Bonchev–Trinajstić information content (AvgIpc) is 2.45. The van der Waals surface area contributed by atoms with E-state index in [1.807, 2.05) is 6.92 Å². The van der Waals surface area contributed by atoms with Crippen LogP contribution in [-0.2, 0) is 4.79 Å². The van der Waals surface area contributed by atoms with Gasteiger partial charge >= 0.3 is 0 Å². The number of nitrogens with one attached hydrogen (secondary N) is 1. The van der Waals surface area contributed by atoms with E-state index in [1.54, 1.807) is 5.48 Å². The summed E-state index contributed by atoms with van der Waals surface area (Å²) in [4.78, 5) is 10.4. The lowest BCUT2D eigenvalue weighted by molar-refractivity contribution is -0.130. The predicted molar refractivity (Wildman–Crippen MR) is 27.2 cm³/mol. The third-order valence-electron chi connectivity index (χ3n) is 1.56. The summed E-state index contributed by atoms with van der Waals surface area (Å²) in [6.07, 6.45) is 0.923. The van der Waals surface area contributed by atoms with Crippen LogP contribution in [0.5, 0.6) is 0 Å². The molecule has 46 valence electrons. The second-order valence-electron chi connectivity index (χ2n) is 2.30. The van der Waals surface area contributed by atoms with E-state index in [-0.39, 0.29) is 11.8 Å². The van der Waals surface area contributed by atoms with Crippen LogP contribution < -0.4 is 5.48 Å². The Hall–Kier alpha value is -0.570. The van der Waals surface area contributed by atoms with Crippen LogP contribution in [0.1, 0.15) is 13.3 Å². The lowest BCUT2D eigenvalue weighted by Gasteiger charge is -1.90. The number of amides is 1. The van der Waals surface area contributed by atoms with Crippen molar-refractivity contribution in [1.29, 1.82) is 0 Å². The zero-order chi connectivity index (χ0) is 6.15. The molecule has 0 aliphatic heterocycles. The smallest absolute Gasteiger partial charge is 0.246 e. The predicted octanol–water partition coefficient (Wildman–Crippen LogP) is 0.148. The third kappa shape index (κ3) is 0.816. The molecule has 1 rings (SSSR count). The Morgan fingerprint density at radius 2 is 2.38 bits per heavy atom. The number of hydrogen-bond acceptors (Lipinski definition) is 2. The summed E-state index contributed by atoms with van der Waals surface area (Å²) in [5.74, 6) is 0.319. The van der Waals surface area contributed by atoms with Crippen molar-refractivity contribution >= 4 is 5.91 Å². The van der Waals surface area contributed by atoms with Crippen LogP contribution in [0.4, 0.5) is 0 Å². The van der Waals surface area contributed by atoms with Gasteiger partial charge in [-0.2, -0.15) is 0 Å². The first-order valence-electron chi connectivity index (χ1n) is 2.69. The van der Waals surface area contributed by atoms with E-state index in [2.05, 4.69) is 0 Å². The molecule has 0 saturated heterocycles. The molecule has 3 nitrogen and oxygen atoms in total. The highest BCUT2D eigenvalue weighted by atomic mass is 16.5. The molecule has 1 amide bonds. The van der Waals surface area contributed by atoms with E-state index >= 15 is 0 Å². The van der Waals surface area contributed by atoms with E-state index in [0.29, 0.717) is 5.92 Å². The Kier molecular flexibility index (Phi) is 1.21. The number of carbonyl (C=O) groups is 1. The summed E-state index contributed by atoms with van der Waals surface area (Å²) in [6.45, 7) is 1.99. The molecule has 2 N–H and O–H groups in total. The van der Waals surface area contributed by atoms with E-state index < -0.39 is 0 Å². The quantitative estimate of drug-likeness (QED) is 0.377. The molecule has 2 atom stereocenters. The van der Waals surface area contributed by atoms with Gasteiger partial charge in [0.1, 0.15) is 0 Å². The molecule has 3 heteroatoms. The average molecular weight is 115 g/mol. The van der Waals surface area contributed by atoms with Crippen molar-refractivity contribution in [2.75, 3.05) is 0 Å². The Balaban J connectivity index is 2.28. The third-order valence-corrected chi connectivity index (χ3v) is 1.56. The molecular formula is C5H9NO2. The molecule has 0 aromatic rings. The Labute approximate surface area is 47.7 Å². The van der Waals surface area contributed by atoms with Gasteiger partial charge in [-0.05, 0) is 12.3 Å². The van der Waals surface area contributed by atoms with Crippen molar-refractivity contribution < 1.29 is 10.0 Å². The van der Waals surface area contributed by atoms with Crippen LogP contribution >= 0.6 is 0 Å². The molecular weight excluding hydrogens is 106 g/mol. The summed E-state index contributed by atoms with van der Waals surface area (Å²) in [5, 5.41) is 8.06. The van der Waals surface area contributed by atoms with E-state index in [4.69, 9.17) is 5.21 Å². The standard InChI is InChI=1S/C5H9NO2/c1-3-2-4(3)5(7)6-8/h3-4,8H,2H2,1H3,(H,6,7)/t3-,4-/m0/s1. The molecule has 0 heterocycles. The summed E-state index contributed by atoms with van der Waals surface area (Å²) >= 11 is 0. The number of hydrogen-bond donors (Lipinski definition) is 2. The van der Waals surface area contributed by atoms with Gasteiger partial charge in [-0.25, -0.2) is 5.48 Å².